The highest BCUT2D eigenvalue weighted by Gasteiger charge is 2.38. The SMILES string of the molecule is CCCCCN(C)C(CC)(CC)C(=O)O. The summed E-state index contributed by atoms with van der Waals surface area (Å²) in [6.45, 7) is 6.94. The van der Waals surface area contributed by atoms with Gasteiger partial charge in [-0.15, -0.1) is 0 Å². The number of hydrogen-bond donors (Lipinski definition) is 1. The Labute approximate surface area is 93.5 Å². The molecule has 1 N–H and O–H groups in total. The molecule has 0 aliphatic carbocycles. The largest absolute Gasteiger partial charge is 0.480 e. The molecule has 0 rings (SSSR count). The van der Waals surface area contributed by atoms with Crippen LogP contribution in [0.3, 0.4) is 0 Å². The van der Waals surface area contributed by atoms with E-state index in [4.69, 9.17) is 0 Å². The Hall–Kier alpha value is -0.570. The fourth-order valence-corrected chi connectivity index (χ4v) is 2.07. The third-order valence-corrected chi connectivity index (χ3v) is 3.40. The number of rotatable bonds is 8. The Bertz CT molecular complexity index is 188. The average Bonchev–Trinajstić information content (AvgIpc) is 2.20. The predicted octanol–water partition coefficient (Wildman–Crippen LogP) is 2.75. The molecule has 3 nitrogen and oxygen atoms in total. The van der Waals surface area contributed by atoms with Gasteiger partial charge < -0.3 is 5.11 Å². The predicted molar refractivity (Wildman–Crippen MR) is 63.1 cm³/mol. The Morgan fingerprint density at radius 3 is 2.07 bits per heavy atom. The number of carboxylic acid groups (broad SMARTS) is 1. The maximum atomic E-state index is 11.3. The molecule has 0 aromatic carbocycles. The smallest absolute Gasteiger partial charge is 0.324 e. The molecule has 0 radical (unpaired) electrons. The molecule has 90 valence electrons. The van der Waals surface area contributed by atoms with Gasteiger partial charge in [-0.1, -0.05) is 33.6 Å². The highest BCUT2D eigenvalue weighted by molar-refractivity contribution is 5.78. The van der Waals surface area contributed by atoms with Crippen molar-refractivity contribution in [1.29, 1.82) is 0 Å². The van der Waals surface area contributed by atoms with E-state index in [2.05, 4.69) is 6.92 Å². The molecule has 0 aliphatic rings. The molecule has 0 saturated heterocycles. The van der Waals surface area contributed by atoms with E-state index < -0.39 is 11.5 Å². The van der Waals surface area contributed by atoms with E-state index in [1.165, 1.54) is 12.8 Å². The van der Waals surface area contributed by atoms with Gasteiger partial charge in [-0.05, 0) is 32.9 Å². The quantitative estimate of drug-likeness (QED) is 0.633. The third-order valence-electron chi connectivity index (χ3n) is 3.40. The summed E-state index contributed by atoms with van der Waals surface area (Å²) in [5, 5.41) is 9.31. The van der Waals surface area contributed by atoms with Crippen molar-refractivity contribution in [2.24, 2.45) is 0 Å². The van der Waals surface area contributed by atoms with Crippen LogP contribution in [0.25, 0.3) is 0 Å². The van der Waals surface area contributed by atoms with Gasteiger partial charge in [0.1, 0.15) is 5.54 Å². The van der Waals surface area contributed by atoms with Gasteiger partial charge in [-0.2, -0.15) is 0 Å². The lowest BCUT2D eigenvalue weighted by Gasteiger charge is -2.36. The van der Waals surface area contributed by atoms with Crippen molar-refractivity contribution in [1.82, 2.24) is 4.90 Å². The van der Waals surface area contributed by atoms with Crippen LogP contribution in [0.1, 0.15) is 52.9 Å². The summed E-state index contributed by atoms with van der Waals surface area (Å²) in [6, 6.07) is 0. The van der Waals surface area contributed by atoms with Crippen LogP contribution in [-0.4, -0.2) is 35.1 Å². The second-order valence-electron chi connectivity index (χ2n) is 4.17. The summed E-state index contributed by atoms with van der Waals surface area (Å²) in [4.78, 5) is 13.3. The zero-order chi connectivity index (χ0) is 11.9. The van der Waals surface area contributed by atoms with E-state index in [0.717, 1.165) is 13.0 Å². The molecule has 0 saturated carbocycles. The Kier molecular flexibility index (Phi) is 6.57. The number of unbranched alkanes of at least 4 members (excludes halogenated alkanes) is 2. The molecule has 0 spiro atoms. The summed E-state index contributed by atoms with van der Waals surface area (Å²) in [7, 11) is 1.93. The Morgan fingerprint density at radius 2 is 1.73 bits per heavy atom. The van der Waals surface area contributed by atoms with Gasteiger partial charge in [0.2, 0.25) is 0 Å². The van der Waals surface area contributed by atoms with Crippen LogP contribution in [-0.2, 0) is 4.79 Å². The van der Waals surface area contributed by atoms with Crippen LogP contribution >= 0.6 is 0 Å². The summed E-state index contributed by atoms with van der Waals surface area (Å²) in [5.74, 6) is -0.688. The molecule has 0 amide bonds. The highest BCUT2D eigenvalue weighted by atomic mass is 16.4. The van der Waals surface area contributed by atoms with Gasteiger partial charge in [-0.25, -0.2) is 0 Å². The van der Waals surface area contributed by atoms with Crippen molar-refractivity contribution in [2.75, 3.05) is 13.6 Å². The van der Waals surface area contributed by atoms with E-state index in [-0.39, 0.29) is 0 Å². The number of hydrogen-bond acceptors (Lipinski definition) is 2. The van der Waals surface area contributed by atoms with Crippen molar-refractivity contribution in [3.63, 3.8) is 0 Å². The fraction of sp³-hybridized carbons (Fsp3) is 0.917. The summed E-state index contributed by atoms with van der Waals surface area (Å²) in [5.41, 5.74) is -0.659. The topological polar surface area (TPSA) is 40.5 Å². The first-order chi connectivity index (χ1) is 7.05. The molecule has 0 fully saturated rings. The zero-order valence-electron chi connectivity index (χ0n) is 10.5. The standard InChI is InChI=1S/C12H25NO2/c1-5-8-9-10-13(4)12(6-2,7-3)11(14)15/h5-10H2,1-4H3,(H,14,15). The minimum absolute atomic E-state index is 0.659. The van der Waals surface area contributed by atoms with Crippen molar-refractivity contribution in [2.45, 2.75) is 58.4 Å². The maximum absolute atomic E-state index is 11.3. The van der Waals surface area contributed by atoms with Gasteiger partial charge in [0.05, 0.1) is 0 Å². The lowest BCUT2D eigenvalue weighted by atomic mass is 9.91. The van der Waals surface area contributed by atoms with Gasteiger partial charge in [-0.3, -0.25) is 9.69 Å². The van der Waals surface area contributed by atoms with Crippen LogP contribution in [0.15, 0.2) is 0 Å². The van der Waals surface area contributed by atoms with Gasteiger partial charge in [0.15, 0.2) is 0 Å². The number of nitrogens with zero attached hydrogens (tertiary/aromatic N) is 1. The lowest BCUT2D eigenvalue weighted by molar-refractivity contribution is -0.151. The van der Waals surface area contributed by atoms with E-state index in [1.54, 1.807) is 0 Å². The molecule has 0 unspecified atom stereocenters. The first-order valence-electron chi connectivity index (χ1n) is 5.99. The maximum Gasteiger partial charge on any atom is 0.324 e. The van der Waals surface area contributed by atoms with Crippen LogP contribution in [0, 0.1) is 0 Å². The molecule has 0 aromatic heterocycles. The second kappa shape index (κ2) is 6.83. The number of aliphatic carboxylic acids is 1. The van der Waals surface area contributed by atoms with E-state index in [9.17, 15) is 9.90 Å². The molecular formula is C12H25NO2. The summed E-state index contributed by atoms with van der Waals surface area (Å²) < 4.78 is 0. The third kappa shape index (κ3) is 3.49. The molecule has 0 aromatic rings. The van der Waals surface area contributed by atoms with Crippen LogP contribution in [0.5, 0.6) is 0 Å². The van der Waals surface area contributed by atoms with Crippen LogP contribution in [0.4, 0.5) is 0 Å². The van der Waals surface area contributed by atoms with Crippen LogP contribution < -0.4 is 0 Å². The van der Waals surface area contributed by atoms with Crippen molar-refractivity contribution in [3.8, 4) is 0 Å². The van der Waals surface area contributed by atoms with Crippen LogP contribution in [0.2, 0.25) is 0 Å². The lowest BCUT2D eigenvalue weighted by Crippen LogP contribution is -2.52. The molecule has 0 heterocycles. The van der Waals surface area contributed by atoms with Gasteiger partial charge in [0, 0.05) is 0 Å². The first-order valence-corrected chi connectivity index (χ1v) is 5.99. The molecule has 0 atom stereocenters. The zero-order valence-corrected chi connectivity index (χ0v) is 10.5. The minimum Gasteiger partial charge on any atom is -0.480 e. The van der Waals surface area contributed by atoms with Crippen molar-refractivity contribution >= 4 is 5.97 Å². The molecular weight excluding hydrogens is 190 g/mol. The monoisotopic (exact) mass is 215 g/mol. The summed E-state index contributed by atoms with van der Waals surface area (Å²) >= 11 is 0. The van der Waals surface area contributed by atoms with Crippen molar-refractivity contribution < 1.29 is 9.90 Å². The van der Waals surface area contributed by atoms with E-state index in [0.29, 0.717) is 12.8 Å². The molecule has 0 bridgehead atoms. The normalized spacial score (nSPS) is 12.1. The Morgan fingerprint density at radius 1 is 1.20 bits per heavy atom. The van der Waals surface area contributed by atoms with Crippen molar-refractivity contribution in [3.05, 3.63) is 0 Å². The average molecular weight is 215 g/mol. The Balaban J connectivity index is 4.41. The second-order valence-corrected chi connectivity index (χ2v) is 4.17. The first kappa shape index (κ1) is 14.4. The molecule has 3 heteroatoms. The van der Waals surface area contributed by atoms with Gasteiger partial charge in [0.25, 0.3) is 0 Å². The number of likely N-dealkylation sites (N-methyl/N-ethyl adjacent to an activating group) is 1. The number of carboxylic acids is 1. The number of carbonyl (C=O) groups is 1. The highest BCUT2D eigenvalue weighted by Crippen LogP contribution is 2.23. The molecule has 0 aliphatic heterocycles. The van der Waals surface area contributed by atoms with Gasteiger partial charge >= 0.3 is 5.97 Å². The minimum atomic E-state index is -0.688. The molecule has 15 heavy (non-hydrogen) atoms. The fourth-order valence-electron chi connectivity index (χ4n) is 2.07. The van der Waals surface area contributed by atoms with E-state index in [1.807, 2.05) is 25.8 Å². The van der Waals surface area contributed by atoms with E-state index >= 15 is 0 Å². The summed E-state index contributed by atoms with van der Waals surface area (Å²) in [6.07, 6.45) is 4.77.